The molecule has 37 heavy (non-hydrogen) atoms. The summed E-state index contributed by atoms with van der Waals surface area (Å²) in [6.45, 7) is 6.55. The van der Waals surface area contributed by atoms with E-state index < -0.39 is 11.9 Å². The van der Waals surface area contributed by atoms with Crippen LogP contribution in [0.5, 0.6) is 0 Å². The van der Waals surface area contributed by atoms with E-state index in [4.69, 9.17) is 9.72 Å². The number of nitrogens with one attached hydrogen (secondary N) is 1. The molecule has 0 aliphatic carbocycles. The average molecular weight is 581 g/mol. The first-order valence-electron chi connectivity index (χ1n) is 11.8. The summed E-state index contributed by atoms with van der Waals surface area (Å²) in [5.74, 6) is -1.22. The quantitative estimate of drug-likeness (QED) is 0.250. The Morgan fingerprint density at radius 1 is 1.05 bits per heavy atom. The molecule has 9 heteroatoms. The molecule has 0 radical (unpaired) electrons. The number of benzene rings is 2. The van der Waals surface area contributed by atoms with Gasteiger partial charge in [-0.25, -0.2) is 9.78 Å². The molecule has 0 spiro atoms. The number of aromatic nitrogens is 1. The Labute approximate surface area is 227 Å². The highest BCUT2D eigenvalue weighted by Gasteiger charge is 2.28. The van der Waals surface area contributed by atoms with Crippen LogP contribution in [0.2, 0.25) is 0 Å². The number of carbonyl (C=O) groups is 3. The highest BCUT2D eigenvalue weighted by Crippen LogP contribution is 2.35. The SMILES string of the molecule is CCN(CC)C(=O)c1sc(NC(=O)c2cc(-c3cccc(Br)c3)nc3ccccc23)c(C(=O)OC)c1C. The van der Waals surface area contributed by atoms with Gasteiger partial charge in [-0.2, -0.15) is 0 Å². The van der Waals surface area contributed by atoms with E-state index in [1.54, 1.807) is 17.9 Å². The van der Waals surface area contributed by atoms with Gasteiger partial charge in [0.15, 0.2) is 0 Å². The summed E-state index contributed by atoms with van der Waals surface area (Å²) in [7, 11) is 1.28. The lowest BCUT2D eigenvalue weighted by atomic mass is 10.0. The van der Waals surface area contributed by atoms with Crippen LogP contribution in [0.3, 0.4) is 0 Å². The van der Waals surface area contributed by atoms with Gasteiger partial charge in [0.05, 0.1) is 34.3 Å². The van der Waals surface area contributed by atoms with Crippen LogP contribution < -0.4 is 5.32 Å². The summed E-state index contributed by atoms with van der Waals surface area (Å²) in [5.41, 5.74) is 3.22. The van der Waals surface area contributed by atoms with E-state index in [2.05, 4.69) is 21.2 Å². The smallest absolute Gasteiger partial charge is 0.341 e. The van der Waals surface area contributed by atoms with Gasteiger partial charge < -0.3 is 15.0 Å². The fraction of sp³-hybridized carbons (Fsp3) is 0.214. The number of amides is 2. The van der Waals surface area contributed by atoms with Gasteiger partial charge in [0.25, 0.3) is 11.8 Å². The predicted molar refractivity (Wildman–Crippen MR) is 150 cm³/mol. The molecule has 0 unspecified atom stereocenters. The monoisotopic (exact) mass is 579 g/mol. The van der Waals surface area contributed by atoms with Gasteiger partial charge in [-0.05, 0) is 50.6 Å². The minimum atomic E-state index is -0.614. The summed E-state index contributed by atoms with van der Waals surface area (Å²) in [4.78, 5) is 46.3. The number of pyridine rings is 1. The van der Waals surface area contributed by atoms with E-state index in [9.17, 15) is 14.4 Å². The zero-order chi connectivity index (χ0) is 26.7. The number of fused-ring (bicyclic) bond motifs is 1. The lowest BCUT2D eigenvalue weighted by molar-refractivity contribution is 0.0601. The molecule has 7 nitrogen and oxygen atoms in total. The topological polar surface area (TPSA) is 88.6 Å². The van der Waals surface area contributed by atoms with Crippen LogP contribution in [0.1, 0.15) is 49.8 Å². The number of methoxy groups -OCH3 is 1. The molecule has 4 rings (SSSR count). The molecular weight excluding hydrogens is 554 g/mol. The molecule has 0 aliphatic heterocycles. The second-order valence-electron chi connectivity index (χ2n) is 8.27. The van der Waals surface area contributed by atoms with Crippen LogP contribution in [0.25, 0.3) is 22.2 Å². The van der Waals surface area contributed by atoms with E-state index in [1.165, 1.54) is 7.11 Å². The van der Waals surface area contributed by atoms with Crippen molar-refractivity contribution in [2.24, 2.45) is 0 Å². The molecule has 0 fully saturated rings. The Morgan fingerprint density at radius 3 is 2.46 bits per heavy atom. The number of thiophene rings is 1. The average Bonchev–Trinajstić information content (AvgIpc) is 3.23. The molecule has 0 bridgehead atoms. The number of ether oxygens (including phenoxy) is 1. The first-order valence-corrected chi connectivity index (χ1v) is 13.4. The van der Waals surface area contributed by atoms with Crippen molar-refractivity contribution in [3.8, 4) is 11.3 Å². The van der Waals surface area contributed by atoms with Crippen molar-refractivity contribution in [1.29, 1.82) is 0 Å². The van der Waals surface area contributed by atoms with Gasteiger partial charge >= 0.3 is 5.97 Å². The van der Waals surface area contributed by atoms with Gasteiger partial charge in [-0.15, -0.1) is 11.3 Å². The third kappa shape index (κ3) is 5.28. The molecule has 2 aromatic heterocycles. The number of anilines is 1. The molecule has 1 N–H and O–H groups in total. The number of hydrogen-bond donors (Lipinski definition) is 1. The van der Waals surface area contributed by atoms with Crippen LogP contribution in [0, 0.1) is 6.92 Å². The normalized spacial score (nSPS) is 10.8. The molecular formula is C28H26BrN3O4S. The summed E-state index contributed by atoms with van der Waals surface area (Å²) < 4.78 is 5.88. The van der Waals surface area contributed by atoms with Gasteiger partial charge in [-0.3, -0.25) is 9.59 Å². The van der Waals surface area contributed by atoms with Crippen molar-refractivity contribution >= 4 is 61.0 Å². The van der Waals surface area contributed by atoms with E-state index in [0.29, 0.717) is 45.7 Å². The van der Waals surface area contributed by atoms with E-state index in [-0.39, 0.29) is 16.5 Å². The lowest BCUT2D eigenvalue weighted by Crippen LogP contribution is -2.30. The van der Waals surface area contributed by atoms with Gasteiger partial charge in [0, 0.05) is 28.5 Å². The molecule has 4 aromatic rings. The Bertz CT molecular complexity index is 1510. The zero-order valence-corrected chi connectivity index (χ0v) is 23.3. The van der Waals surface area contributed by atoms with Crippen LogP contribution in [0.15, 0.2) is 59.1 Å². The zero-order valence-electron chi connectivity index (χ0n) is 20.9. The number of esters is 1. The largest absolute Gasteiger partial charge is 0.465 e. The fourth-order valence-corrected chi connectivity index (χ4v) is 5.69. The van der Waals surface area contributed by atoms with Crippen LogP contribution >= 0.6 is 27.3 Å². The molecule has 0 saturated heterocycles. The molecule has 0 atom stereocenters. The Morgan fingerprint density at radius 2 is 1.78 bits per heavy atom. The van der Waals surface area contributed by atoms with Crippen LogP contribution in [-0.2, 0) is 4.74 Å². The molecule has 2 aromatic carbocycles. The van der Waals surface area contributed by atoms with Crippen molar-refractivity contribution in [2.45, 2.75) is 20.8 Å². The van der Waals surface area contributed by atoms with Gasteiger partial charge in [0.1, 0.15) is 5.00 Å². The summed E-state index contributed by atoms with van der Waals surface area (Å²) in [5, 5.41) is 3.83. The lowest BCUT2D eigenvalue weighted by Gasteiger charge is -2.17. The van der Waals surface area contributed by atoms with Crippen molar-refractivity contribution < 1.29 is 19.1 Å². The fourth-order valence-electron chi connectivity index (χ4n) is 4.14. The highest BCUT2D eigenvalue weighted by molar-refractivity contribution is 9.10. The minimum absolute atomic E-state index is 0.182. The Hall–Kier alpha value is -3.56. The maximum atomic E-state index is 13.7. The number of nitrogens with zero attached hydrogens (tertiary/aromatic N) is 2. The maximum absolute atomic E-state index is 13.7. The summed E-state index contributed by atoms with van der Waals surface area (Å²) in [6, 6.07) is 16.8. The Kier molecular flexibility index (Phi) is 8.04. The van der Waals surface area contributed by atoms with Crippen LogP contribution in [0.4, 0.5) is 5.00 Å². The molecule has 0 aliphatic rings. The van der Waals surface area contributed by atoms with E-state index in [1.807, 2.05) is 62.4 Å². The third-order valence-electron chi connectivity index (χ3n) is 6.09. The van der Waals surface area contributed by atoms with E-state index >= 15 is 0 Å². The van der Waals surface area contributed by atoms with Crippen molar-refractivity contribution in [2.75, 3.05) is 25.5 Å². The third-order valence-corrected chi connectivity index (χ3v) is 7.78. The minimum Gasteiger partial charge on any atom is -0.465 e. The molecule has 0 saturated carbocycles. The Balaban J connectivity index is 1.81. The number of para-hydroxylation sites is 1. The standard InChI is InChI=1S/C28H26BrN3O4S/c1-5-32(6-2)27(34)24-16(3)23(28(35)36-4)26(37-24)31-25(33)20-15-22(17-10-9-11-18(29)14-17)30-21-13-8-7-12-19(20)21/h7-15H,5-6H2,1-4H3,(H,31,33). The van der Waals surface area contributed by atoms with Crippen molar-refractivity contribution in [3.63, 3.8) is 0 Å². The molecule has 2 heterocycles. The summed E-state index contributed by atoms with van der Waals surface area (Å²) in [6.07, 6.45) is 0. The van der Waals surface area contributed by atoms with Crippen molar-refractivity contribution in [1.82, 2.24) is 9.88 Å². The van der Waals surface area contributed by atoms with Crippen LogP contribution in [-0.4, -0.2) is 47.9 Å². The van der Waals surface area contributed by atoms with E-state index in [0.717, 1.165) is 21.4 Å². The first kappa shape index (κ1) is 26.5. The van der Waals surface area contributed by atoms with Gasteiger partial charge in [-0.1, -0.05) is 46.3 Å². The van der Waals surface area contributed by atoms with Crippen molar-refractivity contribution in [3.05, 3.63) is 80.6 Å². The number of carbonyl (C=O) groups excluding carboxylic acids is 3. The first-order chi connectivity index (χ1) is 17.8. The number of rotatable bonds is 7. The highest BCUT2D eigenvalue weighted by atomic mass is 79.9. The number of halogens is 1. The molecule has 2 amide bonds. The second kappa shape index (κ2) is 11.2. The maximum Gasteiger partial charge on any atom is 0.341 e. The molecule has 190 valence electrons. The summed E-state index contributed by atoms with van der Waals surface area (Å²) >= 11 is 4.57. The van der Waals surface area contributed by atoms with Gasteiger partial charge in [0.2, 0.25) is 0 Å². The predicted octanol–water partition coefficient (Wildman–Crippen LogP) is 6.56. The second-order valence-corrected chi connectivity index (χ2v) is 10.2. The number of hydrogen-bond acceptors (Lipinski definition) is 6.